The van der Waals surface area contributed by atoms with E-state index in [9.17, 15) is 4.79 Å². The summed E-state index contributed by atoms with van der Waals surface area (Å²) >= 11 is 0. The molecule has 0 spiro atoms. The van der Waals surface area contributed by atoms with E-state index < -0.39 is 0 Å². The van der Waals surface area contributed by atoms with Gasteiger partial charge in [0.25, 0.3) is 5.91 Å². The third-order valence-corrected chi connectivity index (χ3v) is 8.39. The Kier molecular flexibility index (Phi) is 4.40. The Balaban J connectivity index is 1.55. The number of aromatic nitrogens is 2. The number of carbonyl (C=O) groups excluding carboxylic acids is 1. The number of imidazole rings is 1. The van der Waals surface area contributed by atoms with Crippen molar-refractivity contribution in [1.29, 1.82) is 0 Å². The number of nitrogen functional groups attached to an aromatic ring is 1. The quantitative estimate of drug-likeness (QED) is 0.343. The fourth-order valence-corrected chi connectivity index (χ4v) is 6.34. The molecular formula is C26H24FN4OP. The Morgan fingerprint density at radius 1 is 1.06 bits per heavy atom. The minimum Gasteiger partial charge on any atom is -0.398 e. The van der Waals surface area contributed by atoms with E-state index >= 15 is 4.39 Å². The molecule has 0 saturated heterocycles. The van der Waals surface area contributed by atoms with Crippen LogP contribution in [0.15, 0.2) is 54.6 Å². The van der Waals surface area contributed by atoms with Gasteiger partial charge in [0.05, 0.1) is 23.1 Å². The molecule has 3 heterocycles. The molecule has 2 aliphatic heterocycles. The number of hydrogen-bond acceptors (Lipinski definition) is 3. The summed E-state index contributed by atoms with van der Waals surface area (Å²) in [4.78, 5) is 19.6. The van der Waals surface area contributed by atoms with Crippen molar-refractivity contribution >= 4 is 35.9 Å². The summed E-state index contributed by atoms with van der Waals surface area (Å²) in [5.41, 5.74) is 11.9. The molecule has 0 saturated carbocycles. The van der Waals surface area contributed by atoms with Gasteiger partial charge in [0.2, 0.25) is 0 Å². The summed E-state index contributed by atoms with van der Waals surface area (Å²) in [6.45, 7) is 4.39. The highest BCUT2D eigenvalue weighted by Crippen LogP contribution is 2.48. The predicted octanol–water partition coefficient (Wildman–Crippen LogP) is 4.91. The summed E-state index contributed by atoms with van der Waals surface area (Å²) < 4.78 is 17.2. The van der Waals surface area contributed by atoms with Gasteiger partial charge in [0, 0.05) is 30.3 Å². The Hall–Kier alpha value is -3.24. The average Bonchev–Trinajstić information content (AvgIpc) is 3.31. The van der Waals surface area contributed by atoms with Gasteiger partial charge < -0.3 is 15.2 Å². The zero-order chi connectivity index (χ0) is 23.0. The van der Waals surface area contributed by atoms with Crippen molar-refractivity contribution in [3.8, 4) is 11.1 Å². The lowest BCUT2D eigenvalue weighted by atomic mass is 9.98. The second-order valence-corrected chi connectivity index (χ2v) is 11.4. The van der Waals surface area contributed by atoms with Crippen molar-refractivity contribution in [1.82, 2.24) is 14.5 Å². The van der Waals surface area contributed by atoms with Gasteiger partial charge in [-0.1, -0.05) is 32.2 Å². The van der Waals surface area contributed by atoms with Gasteiger partial charge in [-0.05, 0) is 60.1 Å². The molecule has 3 aromatic carbocycles. The van der Waals surface area contributed by atoms with Crippen molar-refractivity contribution in [3.05, 3.63) is 77.4 Å². The van der Waals surface area contributed by atoms with E-state index in [0.29, 0.717) is 17.5 Å². The number of amides is 1. The molecule has 6 rings (SSSR count). The lowest BCUT2D eigenvalue weighted by molar-refractivity contribution is 0.0734. The van der Waals surface area contributed by atoms with Gasteiger partial charge >= 0.3 is 0 Å². The summed E-state index contributed by atoms with van der Waals surface area (Å²) in [6, 6.07) is 16.7. The maximum Gasteiger partial charge on any atom is 0.254 e. The first-order valence-corrected chi connectivity index (χ1v) is 13.2. The molecule has 1 aromatic heterocycles. The van der Waals surface area contributed by atoms with Gasteiger partial charge in [0.15, 0.2) is 0 Å². The molecule has 33 heavy (non-hydrogen) atoms. The van der Waals surface area contributed by atoms with Crippen molar-refractivity contribution in [3.63, 3.8) is 0 Å². The third kappa shape index (κ3) is 2.87. The normalized spacial score (nSPS) is 19.2. The Morgan fingerprint density at radius 3 is 2.58 bits per heavy atom. The minimum absolute atomic E-state index is 0.154. The van der Waals surface area contributed by atoms with Crippen LogP contribution in [0.5, 0.6) is 0 Å². The Morgan fingerprint density at radius 2 is 1.82 bits per heavy atom. The van der Waals surface area contributed by atoms with Gasteiger partial charge in [-0.15, -0.1) is 0 Å². The molecular weight excluding hydrogens is 434 g/mol. The fourth-order valence-electron chi connectivity index (χ4n) is 5.39. The zero-order valence-electron chi connectivity index (χ0n) is 18.7. The molecule has 0 aliphatic carbocycles. The molecule has 2 unspecified atom stereocenters. The van der Waals surface area contributed by atoms with E-state index in [1.54, 1.807) is 24.1 Å². The molecule has 2 atom stereocenters. The summed E-state index contributed by atoms with van der Waals surface area (Å²) in [7, 11) is 1.51. The predicted molar refractivity (Wildman–Crippen MR) is 132 cm³/mol. The van der Waals surface area contributed by atoms with Crippen LogP contribution in [-0.4, -0.2) is 40.7 Å². The molecule has 4 aromatic rings. The van der Waals surface area contributed by atoms with Crippen LogP contribution in [0.4, 0.5) is 10.1 Å². The van der Waals surface area contributed by atoms with E-state index in [2.05, 4.69) is 36.1 Å². The molecule has 0 radical (unpaired) electrons. The number of rotatable bonds is 2. The summed E-state index contributed by atoms with van der Waals surface area (Å²) in [5.74, 6) is 0.317. The molecule has 2 bridgehead atoms. The van der Waals surface area contributed by atoms with E-state index in [-0.39, 0.29) is 31.7 Å². The first-order chi connectivity index (χ1) is 15.8. The van der Waals surface area contributed by atoms with Crippen molar-refractivity contribution in [2.24, 2.45) is 0 Å². The highest BCUT2D eigenvalue weighted by atomic mass is 31.1. The van der Waals surface area contributed by atoms with Crippen molar-refractivity contribution in [2.75, 3.05) is 26.1 Å². The Labute approximate surface area is 192 Å². The maximum atomic E-state index is 15.1. The first kappa shape index (κ1) is 20.4. The number of halogens is 1. The average molecular weight is 458 g/mol. The van der Waals surface area contributed by atoms with Crippen molar-refractivity contribution < 1.29 is 9.18 Å². The molecule has 2 N–H and O–H groups in total. The largest absolute Gasteiger partial charge is 0.398 e. The van der Waals surface area contributed by atoms with E-state index in [1.807, 2.05) is 18.2 Å². The molecule has 0 fully saturated rings. The monoisotopic (exact) mass is 458 g/mol. The second kappa shape index (κ2) is 7.13. The van der Waals surface area contributed by atoms with E-state index in [1.165, 1.54) is 11.4 Å². The maximum absolute atomic E-state index is 15.1. The fraction of sp³-hybridized carbons (Fsp3) is 0.231. The topological polar surface area (TPSA) is 64.2 Å². The number of nitrogens with zero attached hydrogens (tertiary/aromatic N) is 3. The number of benzene rings is 3. The SMILES string of the molecule is CN1C(=O)c2cccc(F)c2C2CC1c1nc3ccc(-c4ccc(P(C)C)c(N)c4)cc3n12. The molecule has 7 heteroatoms. The minimum atomic E-state index is -0.343. The second-order valence-electron chi connectivity index (χ2n) is 9.10. The van der Waals surface area contributed by atoms with E-state index in [0.717, 1.165) is 33.7 Å². The van der Waals surface area contributed by atoms with Gasteiger partial charge in [-0.2, -0.15) is 0 Å². The van der Waals surface area contributed by atoms with Crippen molar-refractivity contribution in [2.45, 2.75) is 18.5 Å². The third-order valence-electron chi connectivity index (χ3n) is 7.02. The van der Waals surface area contributed by atoms with Gasteiger partial charge in [-0.25, -0.2) is 9.37 Å². The molecule has 2 aliphatic rings. The van der Waals surface area contributed by atoms with E-state index in [4.69, 9.17) is 10.7 Å². The summed E-state index contributed by atoms with van der Waals surface area (Å²) in [6.07, 6.45) is 0.622. The highest BCUT2D eigenvalue weighted by Gasteiger charge is 2.44. The van der Waals surface area contributed by atoms with Gasteiger partial charge in [0.1, 0.15) is 11.6 Å². The van der Waals surface area contributed by atoms with Gasteiger partial charge in [-0.3, -0.25) is 4.79 Å². The molecule has 1 amide bonds. The first-order valence-electron chi connectivity index (χ1n) is 11.0. The van der Waals surface area contributed by atoms with Crippen LogP contribution in [0.1, 0.15) is 40.3 Å². The molecule has 166 valence electrons. The van der Waals surface area contributed by atoms with Crippen LogP contribution in [0.25, 0.3) is 22.2 Å². The number of anilines is 1. The number of nitrogens with two attached hydrogens (primary N) is 1. The van der Waals surface area contributed by atoms with Crippen LogP contribution in [0.3, 0.4) is 0 Å². The number of fused-ring (bicyclic) bond motifs is 9. The van der Waals surface area contributed by atoms with Crippen LogP contribution in [0.2, 0.25) is 0 Å². The lowest BCUT2D eigenvalue weighted by Gasteiger charge is -2.23. The Bertz CT molecular complexity index is 1460. The van der Waals surface area contributed by atoms with Crippen LogP contribution < -0.4 is 11.0 Å². The lowest BCUT2D eigenvalue weighted by Crippen LogP contribution is -2.30. The van der Waals surface area contributed by atoms with Crippen LogP contribution in [0, 0.1) is 5.82 Å². The van der Waals surface area contributed by atoms with Crippen LogP contribution in [-0.2, 0) is 0 Å². The standard InChI is InChI=1S/C26H24FN4OP/c1-30-22-13-21(24-16(26(30)32)5-4-6-17(24)27)31-20-12-15(7-9-19(20)29-25(22)31)14-8-10-23(33(2)3)18(28)11-14/h4-12,21-22H,13,28H2,1-3H3. The van der Waals surface area contributed by atoms with Crippen LogP contribution >= 0.6 is 7.92 Å². The number of hydrogen-bond donors (Lipinski definition) is 1. The zero-order valence-corrected chi connectivity index (χ0v) is 19.6. The smallest absolute Gasteiger partial charge is 0.254 e. The highest BCUT2D eigenvalue weighted by molar-refractivity contribution is 7.64. The number of carbonyl (C=O) groups is 1. The molecule has 5 nitrogen and oxygen atoms in total. The summed E-state index contributed by atoms with van der Waals surface area (Å²) in [5, 5.41) is 1.20.